The van der Waals surface area contributed by atoms with Crippen LogP contribution in [-0.4, -0.2) is 11.5 Å². The van der Waals surface area contributed by atoms with Crippen LogP contribution in [0.25, 0.3) is 0 Å². The zero-order chi connectivity index (χ0) is 10.8. The van der Waals surface area contributed by atoms with E-state index in [0.717, 1.165) is 16.8 Å². The van der Waals surface area contributed by atoms with Crippen LogP contribution in [0.2, 0.25) is 0 Å². The lowest BCUT2D eigenvalue weighted by molar-refractivity contribution is 0.442. The molecule has 3 heteroatoms. The van der Waals surface area contributed by atoms with Gasteiger partial charge in [0.1, 0.15) is 5.82 Å². The van der Waals surface area contributed by atoms with Crippen LogP contribution in [0.1, 0.15) is 26.3 Å². The molecule has 0 unspecified atom stereocenters. The predicted molar refractivity (Wildman–Crippen MR) is 64.6 cm³/mol. The number of hydrogen-bond donors (Lipinski definition) is 1. The van der Waals surface area contributed by atoms with E-state index in [-0.39, 0.29) is 5.41 Å². The lowest BCUT2D eigenvalue weighted by Gasteiger charge is -2.19. The molecule has 78 valence electrons. The second kappa shape index (κ2) is 4.30. The van der Waals surface area contributed by atoms with Gasteiger partial charge in [0.15, 0.2) is 0 Å². The molecule has 0 atom stereocenters. The van der Waals surface area contributed by atoms with Crippen LogP contribution in [-0.2, 0) is 0 Å². The summed E-state index contributed by atoms with van der Waals surface area (Å²) < 4.78 is 1.06. The minimum atomic E-state index is 0.269. The molecule has 0 aliphatic heterocycles. The van der Waals surface area contributed by atoms with E-state index >= 15 is 0 Å². The Morgan fingerprint density at radius 1 is 1.43 bits per heavy atom. The van der Waals surface area contributed by atoms with Gasteiger partial charge in [0.05, 0.1) is 4.47 Å². The molecule has 0 aliphatic carbocycles. The fourth-order valence-electron chi connectivity index (χ4n) is 1.01. The summed E-state index contributed by atoms with van der Waals surface area (Å²) in [6.45, 7) is 9.58. The summed E-state index contributed by atoms with van der Waals surface area (Å²) in [7, 11) is 0. The number of pyridine rings is 1. The van der Waals surface area contributed by atoms with E-state index in [2.05, 4.69) is 53.9 Å². The van der Waals surface area contributed by atoms with Gasteiger partial charge in [0, 0.05) is 12.7 Å². The monoisotopic (exact) mass is 256 g/mol. The highest BCUT2D eigenvalue weighted by Crippen LogP contribution is 2.24. The third kappa shape index (κ3) is 3.29. The molecule has 0 aromatic carbocycles. The molecule has 1 aromatic heterocycles. The zero-order valence-corrected chi connectivity index (χ0v) is 10.8. The van der Waals surface area contributed by atoms with Crippen molar-refractivity contribution in [2.24, 2.45) is 5.41 Å². The van der Waals surface area contributed by atoms with E-state index in [9.17, 15) is 0 Å². The Bertz CT molecular complexity index is 316. The van der Waals surface area contributed by atoms with Crippen LogP contribution in [0, 0.1) is 12.3 Å². The van der Waals surface area contributed by atoms with E-state index in [4.69, 9.17) is 0 Å². The molecule has 14 heavy (non-hydrogen) atoms. The molecule has 1 N–H and O–H groups in total. The first-order chi connectivity index (χ1) is 6.40. The van der Waals surface area contributed by atoms with Gasteiger partial charge in [-0.05, 0) is 39.9 Å². The van der Waals surface area contributed by atoms with Crippen molar-refractivity contribution in [3.05, 3.63) is 22.3 Å². The van der Waals surface area contributed by atoms with Gasteiger partial charge in [0.2, 0.25) is 0 Å². The summed E-state index contributed by atoms with van der Waals surface area (Å²) in [5.41, 5.74) is 1.47. The summed E-state index contributed by atoms with van der Waals surface area (Å²) in [4.78, 5) is 4.28. The normalized spacial score (nSPS) is 11.5. The number of nitrogens with one attached hydrogen (secondary N) is 1. The molecule has 0 amide bonds. The van der Waals surface area contributed by atoms with Gasteiger partial charge in [-0.25, -0.2) is 4.98 Å². The highest BCUT2D eigenvalue weighted by molar-refractivity contribution is 9.10. The number of halogens is 1. The standard InChI is InChI=1S/C11H17BrN2/c1-8-5-6-13-10(9(8)12)14-7-11(2,3)4/h5-6H,7H2,1-4H3,(H,13,14). The number of rotatable bonds is 2. The van der Waals surface area contributed by atoms with Gasteiger partial charge in [-0.3, -0.25) is 0 Å². The highest BCUT2D eigenvalue weighted by Gasteiger charge is 2.11. The summed E-state index contributed by atoms with van der Waals surface area (Å²) in [6, 6.07) is 1.99. The lowest BCUT2D eigenvalue weighted by Crippen LogP contribution is -2.19. The Morgan fingerprint density at radius 2 is 2.07 bits per heavy atom. The Labute approximate surface area is 94.3 Å². The average molecular weight is 257 g/mol. The van der Waals surface area contributed by atoms with Gasteiger partial charge >= 0.3 is 0 Å². The molecule has 1 aromatic rings. The summed E-state index contributed by atoms with van der Waals surface area (Å²) in [6.07, 6.45) is 1.82. The van der Waals surface area contributed by atoms with E-state index in [1.807, 2.05) is 12.3 Å². The van der Waals surface area contributed by atoms with Crippen LogP contribution >= 0.6 is 15.9 Å². The Morgan fingerprint density at radius 3 is 2.64 bits per heavy atom. The molecule has 0 aliphatic rings. The number of aryl methyl sites for hydroxylation is 1. The summed E-state index contributed by atoms with van der Waals surface area (Å²) >= 11 is 3.52. The second-order valence-electron chi connectivity index (χ2n) is 4.70. The van der Waals surface area contributed by atoms with Crippen molar-refractivity contribution in [2.75, 3.05) is 11.9 Å². The molecule has 0 saturated carbocycles. The van der Waals surface area contributed by atoms with Gasteiger partial charge in [-0.15, -0.1) is 0 Å². The second-order valence-corrected chi connectivity index (χ2v) is 5.50. The van der Waals surface area contributed by atoms with Crippen molar-refractivity contribution >= 4 is 21.7 Å². The fraction of sp³-hybridized carbons (Fsp3) is 0.545. The zero-order valence-electron chi connectivity index (χ0n) is 9.19. The molecular weight excluding hydrogens is 240 g/mol. The molecule has 1 heterocycles. The maximum Gasteiger partial charge on any atom is 0.140 e. The molecule has 0 spiro atoms. The third-order valence-electron chi connectivity index (χ3n) is 1.87. The van der Waals surface area contributed by atoms with Crippen LogP contribution < -0.4 is 5.32 Å². The smallest absolute Gasteiger partial charge is 0.140 e. The number of nitrogens with zero attached hydrogens (tertiary/aromatic N) is 1. The minimum Gasteiger partial charge on any atom is -0.369 e. The van der Waals surface area contributed by atoms with Crippen LogP contribution in [0.3, 0.4) is 0 Å². The Hall–Kier alpha value is -0.570. The van der Waals surface area contributed by atoms with Crippen LogP contribution in [0.4, 0.5) is 5.82 Å². The number of hydrogen-bond acceptors (Lipinski definition) is 2. The topological polar surface area (TPSA) is 24.9 Å². The summed E-state index contributed by atoms with van der Waals surface area (Å²) in [5, 5.41) is 3.34. The van der Waals surface area contributed by atoms with Crippen molar-refractivity contribution in [2.45, 2.75) is 27.7 Å². The third-order valence-corrected chi connectivity index (χ3v) is 2.87. The first-order valence-electron chi connectivity index (χ1n) is 4.75. The Kier molecular flexibility index (Phi) is 3.53. The van der Waals surface area contributed by atoms with E-state index in [0.29, 0.717) is 0 Å². The molecular formula is C11H17BrN2. The first-order valence-corrected chi connectivity index (χ1v) is 5.54. The maximum atomic E-state index is 4.28. The highest BCUT2D eigenvalue weighted by atomic mass is 79.9. The van der Waals surface area contributed by atoms with Crippen molar-refractivity contribution < 1.29 is 0 Å². The minimum absolute atomic E-state index is 0.269. The van der Waals surface area contributed by atoms with E-state index < -0.39 is 0 Å². The number of anilines is 1. The lowest BCUT2D eigenvalue weighted by atomic mass is 9.97. The molecule has 0 saturated heterocycles. The van der Waals surface area contributed by atoms with E-state index in [1.54, 1.807) is 0 Å². The summed E-state index contributed by atoms with van der Waals surface area (Å²) in [5.74, 6) is 0.930. The fourth-order valence-corrected chi connectivity index (χ4v) is 1.39. The molecule has 1 rings (SSSR count). The van der Waals surface area contributed by atoms with E-state index in [1.165, 1.54) is 5.56 Å². The van der Waals surface area contributed by atoms with Crippen molar-refractivity contribution in [3.63, 3.8) is 0 Å². The van der Waals surface area contributed by atoms with Crippen LogP contribution in [0.15, 0.2) is 16.7 Å². The van der Waals surface area contributed by atoms with Gasteiger partial charge < -0.3 is 5.32 Å². The van der Waals surface area contributed by atoms with Gasteiger partial charge in [0.25, 0.3) is 0 Å². The molecule has 2 nitrogen and oxygen atoms in total. The van der Waals surface area contributed by atoms with Crippen LogP contribution in [0.5, 0.6) is 0 Å². The first kappa shape index (κ1) is 11.5. The maximum absolute atomic E-state index is 4.28. The molecule has 0 fully saturated rings. The predicted octanol–water partition coefficient (Wildman–Crippen LogP) is 3.61. The molecule has 0 radical (unpaired) electrons. The van der Waals surface area contributed by atoms with Crippen molar-refractivity contribution in [1.29, 1.82) is 0 Å². The van der Waals surface area contributed by atoms with Gasteiger partial charge in [-0.1, -0.05) is 20.8 Å². The number of aromatic nitrogens is 1. The van der Waals surface area contributed by atoms with Crippen molar-refractivity contribution in [1.82, 2.24) is 4.98 Å². The molecule has 0 bridgehead atoms. The van der Waals surface area contributed by atoms with Gasteiger partial charge in [-0.2, -0.15) is 0 Å². The SMILES string of the molecule is Cc1ccnc(NCC(C)(C)C)c1Br. The quantitative estimate of drug-likeness (QED) is 0.875. The van der Waals surface area contributed by atoms with Crippen molar-refractivity contribution in [3.8, 4) is 0 Å². The average Bonchev–Trinajstić information content (AvgIpc) is 2.06. The largest absolute Gasteiger partial charge is 0.369 e. The Balaban J connectivity index is 2.73.